The molecule has 0 radical (unpaired) electrons. The van der Waals surface area contributed by atoms with Gasteiger partial charge < -0.3 is 5.43 Å². The van der Waals surface area contributed by atoms with Gasteiger partial charge in [-0.2, -0.15) is 0 Å². The number of aryl methyl sites for hydroxylation is 1. The molecule has 3 N–H and O–H groups in total. The summed E-state index contributed by atoms with van der Waals surface area (Å²) in [4.78, 5) is 13.0. The molecule has 0 unspecified atom stereocenters. The van der Waals surface area contributed by atoms with Crippen LogP contribution >= 0.6 is 0 Å². The van der Waals surface area contributed by atoms with Gasteiger partial charge in [0.05, 0.1) is 0 Å². The Bertz CT molecular complexity index is 551. The fraction of sp³-hybridized carbons (Fsp3) is 0.308. The standard InChI is InChI=1S/C13H17N5/c1-8(2)11-6-12(18-14)17-13(16-11)10-4-5-15-7-9(10)3/h4-8H,14H2,1-3H3,(H,16,17,18). The summed E-state index contributed by atoms with van der Waals surface area (Å²) in [5, 5.41) is 0. The first-order valence-electron chi connectivity index (χ1n) is 5.88. The molecule has 5 nitrogen and oxygen atoms in total. The molecule has 0 aliphatic rings. The van der Waals surface area contributed by atoms with E-state index in [4.69, 9.17) is 5.84 Å². The second-order valence-electron chi connectivity index (χ2n) is 4.49. The molecule has 5 heteroatoms. The molecule has 0 fully saturated rings. The summed E-state index contributed by atoms with van der Waals surface area (Å²) in [5.41, 5.74) is 5.57. The molecule has 0 aromatic carbocycles. The average molecular weight is 243 g/mol. The third-order valence-electron chi connectivity index (χ3n) is 2.75. The number of hydrogen-bond donors (Lipinski definition) is 2. The van der Waals surface area contributed by atoms with Gasteiger partial charge in [-0.15, -0.1) is 0 Å². The molecule has 2 heterocycles. The van der Waals surface area contributed by atoms with Crippen molar-refractivity contribution in [2.45, 2.75) is 26.7 Å². The van der Waals surface area contributed by atoms with Crippen molar-refractivity contribution in [1.82, 2.24) is 15.0 Å². The molecule has 0 saturated carbocycles. The number of hydrogen-bond acceptors (Lipinski definition) is 5. The molecule has 0 aliphatic heterocycles. The second-order valence-corrected chi connectivity index (χ2v) is 4.49. The molecular formula is C13H17N5. The Morgan fingerprint density at radius 3 is 2.67 bits per heavy atom. The topological polar surface area (TPSA) is 76.7 Å². The number of rotatable bonds is 3. The Hall–Kier alpha value is -2.01. The van der Waals surface area contributed by atoms with Crippen LogP contribution in [0.25, 0.3) is 11.4 Å². The Morgan fingerprint density at radius 1 is 1.28 bits per heavy atom. The zero-order valence-electron chi connectivity index (χ0n) is 10.8. The summed E-state index contributed by atoms with van der Waals surface area (Å²) in [7, 11) is 0. The quantitative estimate of drug-likeness (QED) is 0.638. The smallest absolute Gasteiger partial charge is 0.162 e. The summed E-state index contributed by atoms with van der Waals surface area (Å²) in [6.45, 7) is 6.17. The van der Waals surface area contributed by atoms with Gasteiger partial charge in [0.15, 0.2) is 5.82 Å². The van der Waals surface area contributed by atoms with E-state index in [9.17, 15) is 0 Å². The Kier molecular flexibility index (Phi) is 3.53. The van der Waals surface area contributed by atoms with Crippen molar-refractivity contribution in [3.63, 3.8) is 0 Å². The second kappa shape index (κ2) is 5.10. The summed E-state index contributed by atoms with van der Waals surface area (Å²) < 4.78 is 0. The van der Waals surface area contributed by atoms with Crippen molar-refractivity contribution in [2.24, 2.45) is 5.84 Å². The molecular weight excluding hydrogens is 226 g/mol. The Labute approximate surface area is 106 Å². The van der Waals surface area contributed by atoms with Gasteiger partial charge in [-0.25, -0.2) is 15.8 Å². The molecule has 2 aromatic rings. The first-order chi connectivity index (χ1) is 8.61. The minimum atomic E-state index is 0.320. The van der Waals surface area contributed by atoms with Gasteiger partial charge in [-0.1, -0.05) is 13.8 Å². The summed E-state index contributed by atoms with van der Waals surface area (Å²) in [6.07, 6.45) is 3.54. The number of nitrogens with one attached hydrogen (secondary N) is 1. The summed E-state index contributed by atoms with van der Waals surface area (Å²) >= 11 is 0. The van der Waals surface area contributed by atoms with Crippen LogP contribution in [0.2, 0.25) is 0 Å². The van der Waals surface area contributed by atoms with Crippen LogP contribution in [0.15, 0.2) is 24.5 Å². The van der Waals surface area contributed by atoms with Crippen molar-refractivity contribution in [3.05, 3.63) is 35.8 Å². The maximum atomic E-state index is 5.45. The summed E-state index contributed by atoms with van der Waals surface area (Å²) in [5.74, 6) is 7.07. The van der Waals surface area contributed by atoms with Gasteiger partial charge in [0.1, 0.15) is 5.82 Å². The monoisotopic (exact) mass is 243 g/mol. The van der Waals surface area contributed by atoms with E-state index in [1.54, 1.807) is 12.4 Å². The number of nitrogens with zero attached hydrogens (tertiary/aromatic N) is 3. The van der Waals surface area contributed by atoms with Crippen LogP contribution in [0.4, 0.5) is 5.82 Å². The van der Waals surface area contributed by atoms with Crippen molar-refractivity contribution < 1.29 is 0 Å². The van der Waals surface area contributed by atoms with Crippen LogP contribution in [0, 0.1) is 6.92 Å². The van der Waals surface area contributed by atoms with E-state index < -0.39 is 0 Å². The highest BCUT2D eigenvalue weighted by molar-refractivity contribution is 5.60. The van der Waals surface area contributed by atoms with E-state index >= 15 is 0 Å². The number of nitrogens with two attached hydrogens (primary N) is 1. The highest BCUT2D eigenvalue weighted by atomic mass is 15.3. The van der Waals surface area contributed by atoms with Crippen molar-refractivity contribution in [3.8, 4) is 11.4 Å². The van der Waals surface area contributed by atoms with E-state index in [-0.39, 0.29) is 0 Å². The Morgan fingerprint density at radius 2 is 2.06 bits per heavy atom. The van der Waals surface area contributed by atoms with Crippen LogP contribution in [-0.2, 0) is 0 Å². The molecule has 0 atom stereocenters. The number of nitrogen functional groups attached to an aromatic ring is 1. The molecule has 18 heavy (non-hydrogen) atoms. The lowest BCUT2D eigenvalue weighted by Crippen LogP contribution is -2.11. The SMILES string of the molecule is Cc1cnccc1-c1nc(NN)cc(C(C)C)n1. The molecule has 0 saturated heterocycles. The van der Waals surface area contributed by atoms with Crippen LogP contribution in [0.3, 0.4) is 0 Å². The highest BCUT2D eigenvalue weighted by Gasteiger charge is 2.10. The van der Waals surface area contributed by atoms with Gasteiger partial charge in [-0.3, -0.25) is 4.98 Å². The first-order valence-corrected chi connectivity index (χ1v) is 5.88. The predicted molar refractivity (Wildman–Crippen MR) is 71.9 cm³/mol. The van der Waals surface area contributed by atoms with Gasteiger partial charge >= 0.3 is 0 Å². The van der Waals surface area contributed by atoms with Crippen LogP contribution in [0.1, 0.15) is 31.0 Å². The lowest BCUT2D eigenvalue weighted by molar-refractivity contribution is 0.817. The largest absolute Gasteiger partial charge is 0.308 e. The average Bonchev–Trinajstić information content (AvgIpc) is 2.38. The van der Waals surface area contributed by atoms with Crippen LogP contribution in [-0.4, -0.2) is 15.0 Å². The first kappa shape index (κ1) is 12.4. The molecule has 94 valence electrons. The van der Waals surface area contributed by atoms with E-state index in [1.807, 2.05) is 19.1 Å². The third-order valence-corrected chi connectivity index (χ3v) is 2.75. The minimum absolute atomic E-state index is 0.320. The minimum Gasteiger partial charge on any atom is -0.308 e. The van der Waals surface area contributed by atoms with E-state index in [0.29, 0.717) is 17.6 Å². The zero-order chi connectivity index (χ0) is 13.1. The lowest BCUT2D eigenvalue weighted by atomic mass is 10.1. The third kappa shape index (κ3) is 2.46. The van der Waals surface area contributed by atoms with Gasteiger partial charge in [0.2, 0.25) is 0 Å². The fourth-order valence-corrected chi connectivity index (χ4v) is 1.68. The fourth-order valence-electron chi connectivity index (χ4n) is 1.68. The molecule has 2 aromatic heterocycles. The van der Waals surface area contributed by atoms with Gasteiger partial charge in [0.25, 0.3) is 0 Å². The molecule has 2 rings (SSSR count). The lowest BCUT2D eigenvalue weighted by Gasteiger charge is -2.11. The zero-order valence-corrected chi connectivity index (χ0v) is 10.8. The van der Waals surface area contributed by atoms with Crippen LogP contribution in [0.5, 0.6) is 0 Å². The number of hydrazine groups is 1. The maximum absolute atomic E-state index is 5.45. The highest BCUT2D eigenvalue weighted by Crippen LogP contribution is 2.23. The van der Waals surface area contributed by atoms with E-state index in [1.165, 1.54) is 0 Å². The molecule has 0 spiro atoms. The maximum Gasteiger partial charge on any atom is 0.162 e. The van der Waals surface area contributed by atoms with E-state index in [0.717, 1.165) is 16.8 Å². The number of pyridine rings is 1. The Balaban J connectivity index is 2.57. The van der Waals surface area contributed by atoms with Crippen molar-refractivity contribution in [1.29, 1.82) is 0 Å². The van der Waals surface area contributed by atoms with Crippen molar-refractivity contribution in [2.75, 3.05) is 5.43 Å². The number of anilines is 1. The molecule has 0 aliphatic carbocycles. The normalized spacial score (nSPS) is 10.7. The summed E-state index contributed by atoms with van der Waals surface area (Å²) in [6, 6.07) is 3.78. The van der Waals surface area contributed by atoms with Crippen LogP contribution < -0.4 is 11.3 Å². The van der Waals surface area contributed by atoms with Gasteiger partial charge in [0, 0.05) is 29.7 Å². The van der Waals surface area contributed by atoms with E-state index in [2.05, 4.69) is 34.2 Å². The van der Waals surface area contributed by atoms with Gasteiger partial charge in [-0.05, 0) is 24.5 Å². The number of aromatic nitrogens is 3. The van der Waals surface area contributed by atoms with Crippen molar-refractivity contribution >= 4 is 5.82 Å². The molecule has 0 bridgehead atoms. The predicted octanol–water partition coefficient (Wildman–Crippen LogP) is 2.26. The molecule has 0 amide bonds.